The number of hydrogen-bond acceptors (Lipinski definition) is 5. The van der Waals surface area contributed by atoms with Gasteiger partial charge in [0, 0.05) is 25.4 Å². The normalized spacial score (nSPS) is 11.6. The second kappa shape index (κ2) is 10.5. The number of hydrogen-bond donors (Lipinski definition) is 4. The topological polar surface area (TPSA) is 133 Å². The number of carboxylic acid groups (broad SMARTS) is 1. The van der Waals surface area contributed by atoms with Crippen LogP contribution in [0.5, 0.6) is 0 Å². The van der Waals surface area contributed by atoms with E-state index in [4.69, 9.17) is 22.3 Å². The number of carboxylic acids is 1. The van der Waals surface area contributed by atoms with Gasteiger partial charge in [0.25, 0.3) is 0 Å². The summed E-state index contributed by atoms with van der Waals surface area (Å²) in [6, 6.07) is -0.847. The van der Waals surface area contributed by atoms with Gasteiger partial charge in [-0.05, 0) is 25.9 Å². The fourth-order valence-electron chi connectivity index (χ4n) is 1.36. The molecule has 110 valence electrons. The molecule has 0 radical (unpaired) electrons. The van der Waals surface area contributed by atoms with Crippen molar-refractivity contribution >= 4 is 5.97 Å². The summed E-state index contributed by atoms with van der Waals surface area (Å²) in [7, 11) is 1.80. The average Bonchev–Trinajstić information content (AvgIpc) is 2.76. The second-order valence-corrected chi connectivity index (χ2v) is 4.28. The minimum Gasteiger partial charge on any atom is -0.480 e. The summed E-state index contributed by atoms with van der Waals surface area (Å²) in [4.78, 5) is 14.2. The smallest absolute Gasteiger partial charge is 0.320 e. The molecule has 0 aliphatic rings. The molecule has 0 saturated carbocycles. The van der Waals surface area contributed by atoms with E-state index >= 15 is 0 Å². The summed E-state index contributed by atoms with van der Waals surface area (Å²) in [5.41, 5.74) is 16.6. The van der Waals surface area contributed by atoms with Gasteiger partial charge in [-0.15, -0.1) is 0 Å². The van der Waals surface area contributed by atoms with Crippen molar-refractivity contribution in [3.8, 4) is 0 Å². The zero-order chi connectivity index (χ0) is 14.7. The van der Waals surface area contributed by atoms with Gasteiger partial charge in [0.15, 0.2) is 0 Å². The molecule has 7 N–H and O–H groups in total. The van der Waals surface area contributed by atoms with E-state index in [2.05, 4.69) is 4.98 Å². The van der Waals surface area contributed by atoms with Crippen LogP contribution in [0.25, 0.3) is 0 Å². The monoisotopic (exact) mass is 271 g/mol. The van der Waals surface area contributed by atoms with Crippen molar-refractivity contribution in [1.82, 2.24) is 9.55 Å². The summed E-state index contributed by atoms with van der Waals surface area (Å²) in [6.45, 7) is 1.61. The molecule has 0 amide bonds. The van der Waals surface area contributed by atoms with Gasteiger partial charge in [0.1, 0.15) is 6.04 Å². The number of aromatic nitrogens is 2. The van der Waals surface area contributed by atoms with E-state index in [1.54, 1.807) is 24.1 Å². The lowest BCUT2D eigenvalue weighted by molar-refractivity contribution is -0.138. The number of unbranched alkanes of at least 4 members (excludes halogenated alkanes) is 2. The summed E-state index contributed by atoms with van der Waals surface area (Å²) < 4.78 is 1.75. The third-order valence-electron chi connectivity index (χ3n) is 2.57. The van der Waals surface area contributed by atoms with E-state index < -0.39 is 12.0 Å². The second-order valence-electron chi connectivity index (χ2n) is 4.28. The molecule has 1 heterocycles. The number of carbonyl (C=O) groups is 1. The first-order valence-corrected chi connectivity index (χ1v) is 6.36. The van der Waals surface area contributed by atoms with Gasteiger partial charge in [-0.1, -0.05) is 6.42 Å². The Morgan fingerprint density at radius 2 is 1.95 bits per heavy atom. The maximum atomic E-state index is 10.4. The van der Waals surface area contributed by atoms with Crippen molar-refractivity contribution in [1.29, 1.82) is 0 Å². The first-order valence-electron chi connectivity index (χ1n) is 6.36. The predicted octanol–water partition coefficient (Wildman–Crippen LogP) is -0.551. The molecule has 1 rings (SSSR count). The van der Waals surface area contributed by atoms with Crippen LogP contribution < -0.4 is 17.2 Å². The number of nitrogens with two attached hydrogens (primary N) is 3. The molecular weight excluding hydrogens is 246 g/mol. The van der Waals surface area contributed by atoms with Gasteiger partial charge in [-0.25, -0.2) is 4.98 Å². The molecule has 19 heavy (non-hydrogen) atoms. The summed E-state index contributed by atoms with van der Waals surface area (Å²) in [6.07, 6.45) is 6.97. The zero-order valence-corrected chi connectivity index (χ0v) is 11.5. The minimum absolute atomic E-state index is 0.311. The Hall–Kier alpha value is -1.44. The Kier molecular flexibility index (Phi) is 9.69. The van der Waals surface area contributed by atoms with Gasteiger partial charge in [-0.2, -0.15) is 0 Å². The van der Waals surface area contributed by atoms with Gasteiger partial charge < -0.3 is 26.9 Å². The van der Waals surface area contributed by atoms with Crippen LogP contribution in [0.4, 0.5) is 0 Å². The van der Waals surface area contributed by atoms with Crippen LogP contribution in [0.1, 0.15) is 25.0 Å². The largest absolute Gasteiger partial charge is 0.480 e. The molecule has 0 spiro atoms. The predicted molar refractivity (Wildman–Crippen MR) is 74.5 cm³/mol. The Morgan fingerprint density at radius 3 is 2.32 bits per heavy atom. The van der Waals surface area contributed by atoms with Gasteiger partial charge in [-0.3, -0.25) is 4.79 Å². The first-order chi connectivity index (χ1) is 9.02. The van der Waals surface area contributed by atoms with E-state index in [1.165, 1.54) is 6.42 Å². The van der Waals surface area contributed by atoms with Crippen LogP contribution in [0, 0.1) is 0 Å². The molecule has 7 nitrogen and oxygen atoms in total. The third-order valence-corrected chi connectivity index (χ3v) is 2.57. The average molecular weight is 271 g/mol. The fourth-order valence-corrected chi connectivity index (χ4v) is 1.36. The highest BCUT2D eigenvalue weighted by atomic mass is 16.4. The molecule has 1 atom stereocenters. The van der Waals surface area contributed by atoms with Gasteiger partial charge in [0.05, 0.1) is 6.33 Å². The van der Waals surface area contributed by atoms with Crippen LogP contribution >= 0.6 is 0 Å². The van der Waals surface area contributed by atoms with Crippen LogP contribution in [-0.4, -0.2) is 39.8 Å². The Bertz CT molecular complexity index is 350. The van der Waals surface area contributed by atoms with Crippen molar-refractivity contribution in [2.24, 2.45) is 24.2 Å². The molecule has 0 aromatic carbocycles. The SMILES string of the molecule is Cn1cncc1CC(N)C(=O)O.NCCCCCN. The van der Waals surface area contributed by atoms with Crippen molar-refractivity contribution < 1.29 is 9.90 Å². The third kappa shape index (κ3) is 8.30. The lowest BCUT2D eigenvalue weighted by Crippen LogP contribution is -2.32. The molecule has 1 aromatic rings. The highest BCUT2D eigenvalue weighted by Gasteiger charge is 2.13. The summed E-state index contributed by atoms with van der Waals surface area (Å²) in [5.74, 6) is -0.990. The lowest BCUT2D eigenvalue weighted by atomic mass is 10.2. The molecule has 0 bridgehead atoms. The number of aryl methyl sites for hydroxylation is 1. The highest BCUT2D eigenvalue weighted by molar-refractivity contribution is 5.73. The van der Waals surface area contributed by atoms with E-state index in [9.17, 15) is 4.79 Å². The van der Waals surface area contributed by atoms with E-state index in [-0.39, 0.29) is 0 Å². The van der Waals surface area contributed by atoms with Gasteiger partial charge >= 0.3 is 5.97 Å². The number of rotatable bonds is 7. The van der Waals surface area contributed by atoms with E-state index in [0.29, 0.717) is 6.42 Å². The summed E-state index contributed by atoms with van der Waals surface area (Å²) >= 11 is 0. The Balaban J connectivity index is 0.000000399. The lowest BCUT2D eigenvalue weighted by Gasteiger charge is -2.05. The Labute approximate surface area is 113 Å². The number of imidazole rings is 1. The fraction of sp³-hybridized carbons (Fsp3) is 0.667. The zero-order valence-electron chi connectivity index (χ0n) is 11.5. The highest BCUT2D eigenvalue weighted by Crippen LogP contribution is 1.99. The van der Waals surface area contributed by atoms with Crippen LogP contribution in [0.15, 0.2) is 12.5 Å². The van der Waals surface area contributed by atoms with Crippen molar-refractivity contribution in [3.05, 3.63) is 18.2 Å². The summed E-state index contributed by atoms with van der Waals surface area (Å²) in [5, 5.41) is 8.52. The molecule has 0 aliphatic carbocycles. The molecule has 1 unspecified atom stereocenters. The quantitative estimate of drug-likeness (QED) is 0.492. The molecule has 1 aromatic heterocycles. The Morgan fingerprint density at radius 1 is 1.37 bits per heavy atom. The maximum Gasteiger partial charge on any atom is 0.320 e. The van der Waals surface area contributed by atoms with E-state index in [0.717, 1.165) is 31.6 Å². The van der Waals surface area contributed by atoms with Crippen molar-refractivity contribution in [2.75, 3.05) is 13.1 Å². The molecule has 0 aliphatic heterocycles. The van der Waals surface area contributed by atoms with Crippen LogP contribution in [-0.2, 0) is 18.3 Å². The van der Waals surface area contributed by atoms with Gasteiger partial charge in [0.2, 0.25) is 0 Å². The molecular formula is C12H25N5O2. The maximum absolute atomic E-state index is 10.4. The standard InChI is InChI=1S/C7H11N3O2.C5H14N2/c1-10-4-9-3-5(10)2-6(8)7(11)12;6-4-2-1-3-5-7/h3-4,6H,2,8H2,1H3,(H,11,12);1-7H2. The molecule has 7 heteroatoms. The van der Waals surface area contributed by atoms with E-state index in [1.807, 2.05) is 0 Å². The van der Waals surface area contributed by atoms with Crippen LogP contribution in [0.2, 0.25) is 0 Å². The van der Waals surface area contributed by atoms with Crippen molar-refractivity contribution in [2.45, 2.75) is 31.7 Å². The number of nitrogens with zero attached hydrogens (tertiary/aromatic N) is 2. The number of aliphatic carboxylic acids is 1. The minimum atomic E-state index is -0.990. The van der Waals surface area contributed by atoms with Crippen molar-refractivity contribution in [3.63, 3.8) is 0 Å². The molecule has 0 fully saturated rings. The molecule has 0 saturated heterocycles. The first kappa shape index (κ1) is 17.6. The van der Waals surface area contributed by atoms with Crippen LogP contribution in [0.3, 0.4) is 0 Å².